The van der Waals surface area contributed by atoms with Crippen LogP contribution in [0.3, 0.4) is 0 Å². The zero-order valence-electron chi connectivity index (χ0n) is 18.2. The van der Waals surface area contributed by atoms with Crippen LogP contribution in [0.1, 0.15) is 44.2 Å². The molecule has 2 aromatic heterocycles. The fourth-order valence-corrected chi connectivity index (χ4v) is 4.52. The number of halogens is 1. The second kappa shape index (κ2) is 9.30. The van der Waals surface area contributed by atoms with Crippen molar-refractivity contribution in [2.75, 3.05) is 10.2 Å². The highest BCUT2D eigenvalue weighted by Crippen LogP contribution is 2.42. The zero-order valence-corrected chi connectivity index (χ0v) is 19.8. The highest BCUT2D eigenvalue weighted by molar-refractivity contribution is 7.80. The Bertz CT molecular complexity index is 1130. The number of carbonyl (C=O) groups is 1. The number of nitrogens with zero attached hydrogens (tertiary/aromatic N) is 3. The molecule has 3 heterocycles. The van der Waals surface area contributed by atoms with E-state index in [1.807, 2.05) is 56.3 Å². The maximum Gasteiger partial charge on any atom is 0.226 e. The van der Waals surface area contributed by atoms with Crippen molar-refractivity contribution in [3.63, 3.8) is 0 Å². The molecule has 0 bridgehead atoms. The monoisotopic (exact) mass is 467 g/mol. The van der Waals surface area contributed by atoms with E-state index in [0.29, 0.717) is 15.8 Å². The van der Waals surface area contributed by atoms with Crippen molar-refractivity contribution in [3.8, 4) is 0 Å². The van der Waals surface area contributed by atoms with Crippen LogP contribution in [-0.2, 0) is 11.3 Å². The number of pyridine rings is 1. The summed E-state index contributed by atoms with van der Waals surface area (Å²) in [6.45, 7) is 6.65. The molecule has 1 fully saturated rings. The molecule has 2 N–H and O–H groups in total. The minimum atomic E-state index is -0.133. The summed E-state index contributed by atoms with van der Waals surface area (Å²) in [7, 11) is 0. The highest BCUT2D eigenvalue weighted by Gasteiger charge is 2.42. The van der Waals surface area contributed by atoms with Gasteiger partial charge in [-0.1, -0.05) is 31.5 Å². The van der Waals surface area contributed by atoms with Gasteiger partial charge in [-0.25, -0.2) is 0 Å². The fraction of sp³-hybridized carbons (Fsp3) is 0.292. The molecule has 8 heteroatoms. The van der Waals surface area contributed by atoms with Crippen LogP contribution in [0.15, 0.2) is 60.9 Å². The molecule has 1 aromatic carbocycles. The van der Waals surface area contributed by atoms with Crippen LogP contribution in [0.5, 0.6) is 0 Å². The minimum Gasteiger partial charge on any atom is -0.351 e. The van der Waals surface area contributed by atoms with Crippen molar-refractivity contribution in [2.24, 2.45) is 5.92 Å². The molecule has 0 unspecified atom stereocenters. The van der Waals surface area contributed by atoms with E-state index < -0.39 is 0 Å². The van der Waals surface area contributed by atoms with E-state index in [-0.39, 0.29) is 23.9 Å². The molecule has 0 radical (unpaired) electrons. The van der Waals surface area contributed by atoms with E-state index in [9.17, 15) is 4.79 Å². The minimum absolute atomic E-state index is 0.0770. The lowest BCUT2D eigenvalue weighted by molar-refractivity contribution is -0.118. The predicted octanol–water partition coefficient (Wildman–Crippen LogP) is 5.33. The molecule has 6 nitrogen and oxygen atoms in total. The van der Waals surface area contributed by atoms with Crippen LogP contribution in [0.25, 0.3) is 0 Å². The molecule has 3 aromatic rings. The summed E-state index contributed by atoms with van der Waals surface area (Å²) in [5, 5.41) is 7.40. The molecule has 0 saturated carbocycles. The number of amides is 1. The molecule has 166 valence electrons. The Kier molecular flexibility index (Phi) is 6.48. The van der Waals surface area contributed by atoms with Crippen molar-refractivity contribution in [1.82, 2.24) is 14.9 Å². The summed E-state index contributed by atoms with van der Waals surface area (Å²) in [6, 6.07) is 15.4. The Labute approximate surface area is 198 Å². The summed E-state index contributed by atoms with van der Waals surface area (Å²) in [5.41, 5.74) is 3.48. The van der Waals surface area contributed by atoms with Gasteiger partial charge in [0, 0.05) is 36.2 Å². The second-order valence-corrected chi connectivity index (χ2v) is 8.82. The standard InChI is InChI=1S/C24H26ClN5OS/c1-4-29-13-7-9-20(29)22-21(19-8-5-6-12-26-19)28-24(32)30(22)16-10-11-18(17(25)14-16)27-23(31)15(2)3/h5-15,21-22H,4H2,1-3H3,(H,27,31)(H,28,32)/t21-,22-/m0/s1. The van der Waals surface area contributed by atoms with E-state index in [1.54, 1.807) is 6.20 Å². The van der Waals surface area contributed by atoms with Gasteiger partial charge in [0.15, 0.2) is 5.11 Å². The molecule has 1 amide bonds. The van der Waals surface area contributed by atoms with Crippen LogP contribution < -0.4 is 15.5 Å². The van der Waals surface area contributed by atoms with Gasteiger partial charge in [-0.05, 0) is 61.6 Å². The summed E-state index contributed by atoms with van der Waals surface area (Å²) in [4.78, 5) is 18.8. The number of benzene rings is 1. The second-order valence-electron chi connectivity index (χ2n) is 8.02. The van der Waals surface area contributed by atoms with Crippen LogP contribution in [-0.4, -0.2) is 20.6 Å². The van der Waals surface area contributed by atoms with Crippen molar-refractivity contribution in [1.29, 1.82) is 0 Å². The van der Waals surface area contributed by atoms with E-state index in [2.05, 4.69) is 44.3 Å². The lowest BCUT2D eigenvalue weighted by Gasteiger charge is -2.29. The number of carbonyl (C=O) groups excluding carboxylic acids is 1. The van der Waals surface area contributed by atoms with Gasteiger partial charge in [-0.3, -0.25) is 9.78 Å². The first kappa shape index (κ1) is 22.3. The number of thiocarbonyl (C=S) groups is 1. The zero-order chi connectivity index (χ0) is 22.8. The van der Waals surface area contributed by atoms with Crippen LogP contribution >= 0.6 is 23.8 Å². The van der Waals surface area contributed by atoms with E-state index in [4.69, 9.17) is 23.8 Å². The quantitative estimate of drug-likeness (QED) is 0.480. The molecular formula is C24H26ClN5OS. The van der Waals surface area contributed by atoms with Gasteiger partial charge < -0.3 is 20.1 Å². The van der Waals surface area contributed by atoms with E-state index in [0.717, 1.165) is 23.6 Å². The molecule has 0 aliphatic carbocycles. The van der Waals surface area contributed by atoms with Gasteiger partial charge in [-0.2, -0.15) is 0 Å². The molecule has 32 heavy (non-hydrogen) atoms. The molecule has 1 saturated heterocycles. The maximum absolute atomic E-state index is 12.1. The summed E-state index contributed by atoms with van der Waals surface area (Å²) >= 11 is 12.3. The average molecular weight is 468 g/mol. The summed E-state index contributed by atoms with van der Waals surface area (Å²) in [5.74, 6) is -0.210. The Balaban J connectivity index is 1.75. The number of rotatable bonds is 6. The Hall–Kier alpha value is -2.90. The van der Waals surface area contributed by atoms with E-state index >= 15 is 0 Å². The molecule has 1 aliphatic heterocycles. The van der Waals surface area contributed by atoms with Gasteiger partial charge in [-0.15, -0.1) is 0 Å². The third-order valence-corrected chi connectivity index (χ3v) is 6.25. The van der Waals surface area contributed by atoms with E-state index in [1.165, 1.54) is 0 Å². The van der Waals surface area contributed by atoms with Crippen LogP contribution in [0.4, 0.5) is 11.4 Å². The van der Waals surface area contributed by atoms with Gasteiger partial charge >= 0.3 is 0 Å². The third kappa shape index (κ3) is 4.23. The first-order chi connectivity index (χ1) is 15.4. The lowest BCUT2D eigenvalue weighted by atomic mass is 10.0. The van der Waals surface area contributed by atoms with Gasteiger partial charge in [0.25, 0.3) is 0 Å². The van der Waals surface area contributed by atoms with Crippen molar-refractivity contribution < 1.29 is 4.79 Å². The Morgan fingerprint density at radius 2 is 2.06 bits per heavy atom. The van der Waals surface area contributed by atoms with Gasteiger partial charge in [0.05, 0.1) is 22.4 Å². The molecule has 4 rings (SSSR count). The lowest BCUT2D eigenvalue weighted by Crippen LogP contribution is -2.30. The smallest absolute Gasteiger partial charge is 0.226 e. The largest absolute Gasteiger partial charge is 0.351 e. The van der Waals surface area contributed by atoms with Crippen molar-refractivity contribution >= 4 is 46.2 Å². The Morgan fingerprint density at radius 1 is 1.25 bits per heavy atom. The number of anilines is 2. The highest BCUT2D eigenvalue weighted by atomic mass is 35.5. The number of aromatic nitrogens is 2. The first-order valence-electron chi connectivity index (χ1n) is 10.7. The fourth-order valence-electron chi connectivity index (χ4n) is 3.95. The summed E-state index contributed by atoms with van der Waals surface area (Å²) in [6.07, 6.45) is 3.86. The normalized spacial score (nSPS) is 18.2. The molecule has 1 aliphatic rings. The third-order valence-electron chi connectivity index (χ3n) is 5.62. The van der Waals surface area contributed by atoms with Crippen molar-refractivity contribution in [3.05, 3.63) is 77.3 Å². The van der Waals surface area contributed by atoms with Gasteiger partial charge in [0.1, 0.15) is 6.04 Å². The Morgan fingerprint density at radius 3 is 2.72 bits per heavy atom. The predicted molar refractivity (Wildman–Crippen MR) is 133 cm³/mol. The average Bonchev–Trinajstić information content (AvgIpc) is 3.39. The SMILES string of the molecule is CCn1cccc1[C@H]1[C@H](c2ccccn2)NC(=S)N1c1ccc(NC(=O)C(C)C)c(Cl)c1. The molecular weight excluding hydrogens is 442 g/mol. The topological polar surface area (TPSA) is 62.2 Å². The van der Waals surface area contributed by atoms with Crippen LogP contribution in [0, 0.1) is 5.92 Å². The van der Waals surface area contributed by atoms with Crippen molar-refractivity contribution in [2.45, 2.75) is 39.4 Å². The molecule has 2 atom stereocenters. The number of hydrogen-bond donors (Lipinski definition) is 2. The van der Waals surface area contributed by atoms with Gasteiger partial charge in [0.2, 0.25) is 5.91 Å². The summed E-state index contributed by atoms with van der Waals surface area (Å²) < 4.78 is 2.21. The number of hydrogen-bond acceptors (Lipinski definition) is 3. The number of aryl methyl sites for hydroxylation is 1. The molecule has 0 spiro atoms. The maximum atomic E-state index is 12.1. The first-order valence-corrected chi connectivity index (χ1v) is 11.5. The number of nitrogens with one attached hydrogen (secondary N) is 2. The van der Waals surface area contributed by atoms with Crippen LogP contribution in [0.2, 0.25) is 5.02 Å².